The van der Waals surface area contributed by atoms with E-state index in [1.807, 2.05) is 0 Å². The zero-order valence-corrected chi connectivity index (χ0v) is 9.44. The van der Waals surface area contributed by atoms with Gasteiger partial charge in [0.25, 0.3) is 5.91 Å². The van der Waals surface area contributed by atoms with Gasteiger partial charge in [-0.25, -0.2) is 4.79 Å². The lowest BCUT2D eigenvalue weighted by atomic mass is 9.98. The zero-order valence-electron chi connectivity index (χ0n) is 9.44. The van der Waals surface area contributed by atoms with E-state index in [0.29, 0.717) is 26.0 Å². The smallest absolute Gasteiger partial charge is 0.329 e. The minimum atomic E-state index is -1.04. The molecule has 16 heavy (non-hydrogen) atoms. The molecule has 90 valence electrons. The number of nitrogens with zero attached hydrogens (tertiary/aromatic N) is 1. The number of amides is 1. The Labute approximate surface area is 94.4 Å². The third-order valence-corrected chi connectivity index (χ3v) is 3.57. The average Bonchev–Trinajstić information content (AvgIpc) is 2.85. The molecule has 0 bridgehead atoms. The SMILES string of the molecule is CC1(C(=O)O)CCCN1C(=O)C1CCCO1. The topological polar surface area (TPSA) is 66.8 Å². The second-order valence-electron chi connectivity index (χ2n) is 4.67. The van der Waals surface area contributed by atoms with E-state index in [-0.39, 0.29) is 5.91 Å². The van der Waals surface area contributed by atoms with Gasteiger partial charge in [0.15, 0.2) is 0 Å². The van der Waals surface area contributed by atoms with E-state index < -0.39 is 17.6 Å². The van der Waals surface area contributed by atoms with E-state index >= 15 is 0 Å². The number of hydrogen-bond donors (Lipinski definition) is 1. The third kappa shape index (κ3) is 1.69. The van der Waals surface area contributed by atoms with Crippen molar-refractivity contribution in [1.29, 1.82) is 0 Å². The molecule has 0 aromatic heterocycles. The Morgan fingerprint density at radius 1 is 1.44 bits per heavy atom. The van der Waals surface area contributed by atoms with E-state index in [9.17, 15) is 14.7 Å². The predicted molar refractivity (Wildman–Crippen MR) is 56.0 cm³/mol. The number of likely N-dealkylation sites (tertiary alicyclic amines) is 1. The van der Waals surface area contributed by atoms with Gasteiger partial charge in [-0.3, -0.25) is 4.79 Å². The maximum atomic E-state index is 12.1. The van der Waals surface area contributed by atoms with Crippen LogP contribution >= 0.6 is 0 Å². The molecule has 5 nitrogen and oxygen atoms in total. The number of carboxylic acid groups (broad SMARTS) is 1. The second kappa shape index (κ2) is 4.05. The van der Waals surface area contributed by atoms with Crippen LogP contribution in [-0.4, -0.2) is 46.7 Å². The van der Waals surface area contributed by atoms with Gasteiger partial charge in [-0.2, -0.15) is 0 Å². The first-order valence-corrected chi connectivity index (χ1v) is 5.72. The van der Waals surface area contributed by atoms with E-state index in [1.165, 1.54) is 4.90 Å². The number of ether oxygens (including phenoxy) is 1. The Kier molecular flexibility index (Phi) is 2.88. The molecule has 0 spiro atoms. The monoisotopic (exact) mass is 227 g/mol. The van der Waals surface area contributed by atoms with Gasteiger partial charge in [0.2, 0.25) is 0 Å². The van der Waals surface area contributed by atoms with Crippen molar-refractivity contribution in [3.8, 4) is 0 Å². The number of rotatable bonds is 2. The van der Waals surface area contributed by atoms with Crippen LogP contribution in [0.5, 0.6) is 0 Å². The molecular formula is C11H17NO4. The maximum absolute atomic E-state index is 12.1. The van der Waals surface area contributed by atoms with Crippen molar-refractivity contribution in [3.63, 3.8) is 0 Å². The fraction of sp³-hybridized carbons (Fsp3) is 0.818. The number of carbonyl (C=O) groups is 2. The largest absolute Gasteiger partial charge is 0.480 e. The van der Waals surface area contributed by atoms with Crippen LogP contribution in [0.25, 0.3) is 0 Å². The van der Waals surface area contributed by atoms with Gasteiger partial charge in [-0.1, -0.05) is 0 Å². The lowest BCUT2D eigenvalue weighted by Gasteiger charge is -2.32. The molecule has 2 rings (SSSR count). The summed E-state index contributed by atoms with van der Waals surface area (Å²) < 4.78 is 5.32. The van der Waals surface area contributed by atoms with Gasteiger partial charge in [-0.05, 0) is 32.6 Å². The molecule has 0 saturated carbocycles. The van der Waals surface area contributed by atoms with Crippen LogP contribution in [0.4, 0.5) is 0 Å². The minimum Gasteiger partial charge on any atom is -0.480 e. The van der Waals surface area contributed by atoms with E-state index in [1.54, 1.807) is 6.92 Å². The molecule has 0 aromatic rings. The minimum absolute atomic E-state index is 0.153. The van der Waals surface area contributed by atoms with Gasteiger partial charge in [0.1, 0.15) is 11.6 Å². The Bertz CT molecular complexity index is 311. The average molecular weight is 227 g/mol. The summed E-state index contributed by atoms with van der Waals surface area (Å²) in [5, 5.41) is 9.20. The molecule has 5 heteroatoms. The normalized spacial score (nSPS) is 34.3. The van der Waals surface area contributed by atoms with Crippen LogP contribution in [0.15, 0.2) is 0 Å². The van der Waals surface area contributed by atoms with Gasteiger partial charge < -0.3 is 14.7 Å². The lowest BCUT2D eigenvalue weighted by molar-refractivity contribution is -0.159. The molecular weight excluding hydrogens is 210 g/mol. The first-order valence-electron chi connectivity index (χ1n) is 5.72. The number of hydrogen-bond acceptors (Lipinski definition) is 3. The highest BCUT2D eigenvalue weighted by atomic mass is 16.5. The van der Waals surface area contributed by atoms with Gasteiger partial charge in [0.05, 0.1) is 0 Å². The predicted octanol–water partition coefficient (Wildman–Crippen LogP) is 0.631. The molecule has 2 fully saturated rings. The van der Waals surface area contributed by atoms with E-state index in [2.05, 4.69) is 0 Å². The Balaban J connectivity index is 2.13. The summed E-state index contributed by atoms with van der Waals surface area (Å²) >= 11 is 0. The summed E-state index contributed by atoms with van der Waals surface area (Å²) in [5.74, 6) is -1.07. The van der Waals surface area contributed by atoms with Crippen LogP contribution in [0, 0.1) is 0 Å². The van der Waals surface area contributed by atoms with Crippen LogP contribution in [0.3, 0.4) is 0 Å². The third-order valence-electron chi connectivity index (χ3n) is 3.57. The van der Waals surface area contributed by atoms with Gasteiger partial charge >= 0.3 is 5.97 Å². The van der Waals surface area contributed by atoms with Crippen molar-refractivity contribution in [3.05, 3.63) is 0 Å². The van der Waals surface area contributed by atoms with E-state index in [4.69, 9.17) is 4.74 Å². The fourth-order valence-electron chi connectivity index (χ4n) is 2.49. The van der Waals surface area contributed by atoms with Crippen LogP contribution in [0.2, 0.25) is 0 Å². The Hall–Kier alpha value is -1.10. The zero-order chi connectivity index (χ0) is 11.8. The Morgan fingerprint density at radius 2 is 2.19 bits per heavy atom. The number of carboxylic acids is 1. The second-order valence-corrected chi connectivity index (χ2v) is 4.67. The standard InChI is InChI=1S/C11H17NO4/c1-11(10(14)15)5-3-6-12(11)9(13)8-4-2-7-16-8/h8H,2-7H2,1H3,(H,14,15). The van der Waals surface area contributed by atoms with Crippen LogP contribution < -0.4 is 0 Å². The fourth-order valence-corrected chi connectivity index (χ4v) is 2.49. The molecule has 2 aliphatic rings. The number of aliphatic carboxylic acids is 1. The quantitative estimate of drug-likeness (QED) is 0.751. The summed E-state index contributed by atoms with van der Waals surface area (Å²) in [6.07, 6.45) is 2.46. The molecule has 2 unspecified atom stereocenters. The first-order chi connectivity index (χ1) is 7.55. The summed E-state index contributed by atoms with van der Waals surface area (Å²) in [7, 11) is 0. The Morgan fingerprint density at radius 3 is 2.75 bits per heavy atom. The molecule has 0 aromatic carbocycles. The van der Waals surface area contributed by atoms with Crippen molar-refractivity contribution in [1.82, 2.24) is 4.90 Å². The van der Waals surface area contributed by atoms with E-state index in [0.717, 1.165) is 12.8 Å². The first kappa shape index (κ1) is 11.4. The molecule has 2 saturated heterocycles. The van der Waals surface area contributed by atoms with Crippen LogP contribution in [0.1, 0.15) is 32.6 Å². The van der Waals surface area contributed by atoms with Crippen molar-refractivity contribution in [2.75, 3.05) is 13.2 Å². The molecule has 1 N–H and O–H groups in total. The highest BCUT2D eigenvalue weighted by molar-refractivity contribution is 5.89. The van der Waals surface area contributed by atoms with Crippen molar-refractivity contribution in [2.45, 2.75) is 44.2 Å². The molecule has 2 heterocycles. The molecule has 2 aliphatic heterocycles. The highest BCUT2D eigenvalue weighted by Gasteiger charge is 2.47. The lowest BCUT2D eigenvalue weighted by Crippen LogP contribution is -2.53. The van der Waals surface area contributed by atoms with Crippen LogP contribution in [-0.2, 0) is 14.3 Å². The summed E-state index contributed by atoms with van der Waals surface area (Å²) in [4.78, 5) is 24.8. The molecule has 0 aliphatic carbocycles. The molecule has 1 amide bonds. The number of carbonyl (C=O) groups excluding carboxylic acids is 1. The molecule has 0 radical (unpaired) electrons. The summed E-state index contributed by atoms with van der Waals surface area (Å²) in [5.41, 5.74) is -1.04. The van der Waals surface area contributed by atoms with Gasteiger partial charge in [0, 0.05) is 13.2 Å². The van der Waals surface area contributed by atoms with Crippen molar-refractivity contribution in [2.24, 2.45) is 0 Å². The van der Waals surface area contributed by atoms with Crippen molar-refractivity contribution < 1.29 is 19.4 Å². The summed E-state index contributed by atoms with van der Waals surface area (Å²) in [6, 6.07) is 0. The molecule has 2 atom stereocenters. The van der Waals surface area contributed by atoms with Crippen molar-refractivity contribution >= 4 is 11.9 Å². The highest BCUT2D eigenvalue weighted by Crippen LogP contribution is 2.31. The summed E-state index contributed by atoms with van der Waals surface area (Å²) in [6.45, 7) is 2.75. The maximum Gasteiger partial charge on any atom is 0.329 e. The van der Waals surface area contributed by atoms with Gasteiger partial charge in [-0.15, -0.1) is 0 Å².